The van der Waals surface area contributed by atoms with Gasteiger partial charge in [0.25, 0.3) is 5.91 Å². The molecule has 2 aromatic carbocycles. The maximum absolute atomic E-state index is 12.5. The second-order valence-electron chi connectivity index (χ2n) is 5.77. The molecule has 0 aromatic heterocycles. The van der Waals surface area contributed by atoms with Crippen LogP contribution in [0.2, 0.25) is 0 Å². The quantitative estimate of drug-likeness (QED) is 0.595. The van der Waals surface area contributed by atoms with Gasteiger partial charge in [-0.3, -0.25) is 4.79 Å². The number of nitrogens with one attached hydrogen (secondary N) is 2. The van der Waals surface area contributed by atoms with E-state index in [9.17, 15) is 26.4 Å². The van der Waals surface area contributed by atoms with Crippen LogP contribution in [0.25, 0.3) is 0 Å². The zero-order valence-electron chi connectivity index (χ0n) is 15.3. The minimum Gasteiger partial charge on any atom is -0.484 e. The molecule has 11 heteroatoms. The average molecular weight is 432 g/mol. The van der Waals surface area contributed by atoms with Crippen LogP contribution in [0.5, 0.6) is 5.75 Å². The molecule has 29 heavy (non-hydrogen) atoms. The lowest BCUT2D eigenvalue weighted by Gasteiger charge is -2.10. The molecule has 0 aliphatic carbocycles. The van der Waals surface area contributed by atoms with Gasteiger partial charge in [0.2, 0.25) is 10.0 Å². The number of carbonyl (C=O) groups is 1. The predicted octanol–water partition coefficient (Wildman–Crippen LogP) is 2.65. The van der Waals surface area contributed by atoms with Crippen molar-refractivity contribution in [3.05, 3.63) is 54.1 Å². The van der Waals surface area contributed by atoms with E-state index in [1.54, 1.807) is 0 Å². The highest BCUT2D eigenvalue weighted by atomic mass is 32.2. The molecule has 0 heterocycles. The molecule has 0 fully saturated rings. The average Bonchev–Trinajstić information content (AvgIpc) is 2.66. The Morgan fingerprint density at radius 3 is 2.21 bits per heavy atom. The monoisotopic (exact) mass is 432 g/mol. The Kier molecular flexibility index (Phi) is 7.59. The highest BCUT2D eigenvalue weighted by Gasteiger charge is 2.30. The molecule has 0 unspecified atom stereocenters. The van der Waals surface area contributed by atoms with Crippen molar-refractivity contribution in [2.24, 2.45) is 0 Å². The van der Waals surface area contributed by atoms with Crippen LogP contribution in [0.15, 0.2) is 53.4 Å². The molecule has 0 saturated carbocycles. The molecule has 0 saturated heterocycles. The van der Waals surface area contributed by atoms with Crippen molar-refractivity contribution in [3.63, 3.8) is 0 Å². The third-order valence-electron chi connectivity index (χ3n) is 3.60. The molecular weight excluding hydrogens is 413 g/mol. The Morgan fingerprint density at radius 2 is 1.66 bits per heavy atom. The second-order valence-corrected chi connectivity index (χ2v) is 7.54. The van der Waals surface area contributed by atoms with E-state index in [2.05, 4.69) is 10.0 Å². The van der Waals surface area contributed by atoms with Gasteiger partial charge in [-0.25, -0.2) is 13.1 Å². The van der Waals surface area contributed by atoms with Crippen LogP contribution >= 0.6 is 0 Å². The fourth-order valence-electron chi connectivity index (χ4n) is 2.16. The summed E-state index contributed by atoms with van der Waals surface area (Å²) in [6, 6.07) is 9.39. The van der Waals surface area contributed by atoms with Crippen LogP contribution in [0.4, 0.5) is 18.9 Å². The zero-order chi connectivity index (χ0) is 21.5. The van der Waals surface area contributed by atoms with E-state index < -0.39 is 34.3 Å². The molecule has 0 aliphatic rings. The molecule has 0 aliphatic heterocycles. The van der Waals surface area contributed by atoms with Crippen molar-refractivity contribution < 1.29 is 35.9 Å². The number of amides is 1. The number of anilines is 1. The fourth-order valence-corrected chi connectivity index (χ4v) is 3.18. The molecule has 2 rings (SSSR count). The Bertz CT molecular complexity index is 914. The summed E-state index contributed by atoms with van der Waals surface area (Å²) in [4.78, 5) is 11.9. The number of methoxy groups -OCH3 is 1. The summed E-state index contributed by atoms with van der Waals surface area (Å²) in [6.07, 6.45) is -4.45. The number of carbonyl (C=O) groups excluding carboxylic acids is 1. The zero-order valence-corrected chi connectivity index (χ0v) is 16.1. The molecular formula is C18H19F3N2O5S. The maximum Gasteiger partial charge on any atom is 0.416 e. The number of hydrogen-bond acceptors (Lipinski definition) is 5. The number of ether oxygens (including phenoxy) is 2. The molecule has 0 atom stereocenters. The summed E-state index contributed by atoms with van der Waals surface area (Å²) in [5.74, 6) is -0.328. The molecule has 1 amide bonds. The largest absolute Gasteiger partial charge is 0.484 e. The van der Waals surface area contributed by atoms with Crippen LogP contribution in [-0.4, -0.2) is 41.2 Å². The number of rotatable bonds is 9. The predicted molar refractivity (Wildman–Crippen MR) is 99.1 cm³/mol. The van der Waals surface area contributed by atoms with E-state index in [1.165, 1.54) is 31.4 Å². The highest BCUT2D eigenvalue weighted by molar-refractivity contribution is 7.89. The normalized spacial score (nSPS) is 11.9. The van der Waals surface area contributed by atoms with E-state index in [0.29, 0.717) is 0 Å². The van der Waals surface area contributed by atoms with E-state index >= 15 is 0 Å². The molecule has 0 radical (unpaired) electrons. The fraction of sp³-hybridized carbons (Fsp3) is 0.278. The number of halogens is 3. The highest BCUT2D eigenvalue weighted by Crippen LogP contribution is 2.29. The Balaban J connectivity index is 1.87. The standard InChI is InChI=1S/C18H19F3N2O5S/c1-27-11-10-22-29(25,26)16-8-6-15(7-9-16)28-12-17(24)23-14-4-2-13(3-5-14)18(19,20)21/h2-9,22H,10-12H2,1H3,(H,23,24). The second kappa shape index (κ2) is 9.72. The van der Waals surface area contributed by atoms with Gasteiger partial charge in [0.1, 0.15) is 5.75 Å². The molecule has 0 bridgehead atoms. The molecule has 0 spiro atoms. The van der Waals surface area contributed by atoms with E-state index in [1.807, 2.05) is 0 Å². The lowest BCUT2D eigenvalue weighted by atomic mass is 10.2. The smallest absolute Gasteiger partial charge is 0.416 e. The summed E-state index contributed by atoms with van der Waals surface area (Å²) in [6.45, 7) is -0.0467. The first kappa shape index (κ1) is 22.7. The van der Waals surface area contributed by atoms with E-state index in [0.717, 1.165) is 24.3 Å². The first-order chi connectivity index (χ1) is 13.6. The summed E-state index contributed by atoms with van der Waals surface area (Å²) in [5.41, 5.74) is -0.631. The molecule has 7 nitrogen and oxygen atoms in total. The minimum atomic E-state index is -4.45. The number of sulfonamides is 1. The molecule has 158 valence electrons. The maximum atomic E-state index is 12.5. The third kappa shape index (κ3) is 7.04. The van der Waals surface area contributed by atoms with Crippen LogP contribution < -0.4 is 14.8 Å². The molecule has 2 aromatic rings. The van der Waals surface area contributed by atoms with Crippen LogP contribution in [-0.2, 0) is 25.7 Å². The van der Waals surface area contributed by atoms with Crippen LogP contribution in [0, 0.1) is 0 Å². The SMILES string of the molecule is COCCNS(=O)(=O)c1ccc(OCC(=O)Nc2ccc(C(F)(F)F)cc2)cc1. The lowest BCUT2D eigenvalue weighted by molar-refractivity contribution is -0.137. The summed E-state index contributed by atoms with van der Waals surface area (Å²) in [5, 5.41) is 2.41. The van der Waals surface area contributed by atoms with E-state index in [-0.39, 0.29) is 29.5 Å². The minimum absolute atomic E-state index is 0.0233. The van der Waals surface area contributed by atoms with Gasteiger partial charge in [0, 0.05) is 19.3 Å². The van der Waals surface area contributed by atoms with Gasteiger partial charge in [-0.15, -0.1) is 0 Å². The number of alkyl halides is 3. The van der Waals surface area contributed by atoms with Crippen molar-refractivity contribution in [1.29, 1.82) is 0 Å². The topological polar surface area (TPSA) is 93.7 Å². The Labute approximate surface area is 165 Å². The number of hydrogen-bond donors (Lipinski definition) is 2. The van der Waals surface area contributed by atoms with Gasteiger partial charge in [-0.1, -0.05) is 0 Å². The first-order valence-electron chi connectivity index (χ1n) is 8.30. The van der Waals surface area contributed by atoms with Crippen molar-refractivity contribution in [1.82, 2.24) is 4.72 Å². The van der Waals surface area contributed by atoms with Gasteiger partial charge in [0.15, 0.2) is 6.61 Å². The van der Waals surface area contributed by atoms with Gasteiger partial charge >= 0.3 is 6.18 Å². The summed E-state index contributed by atoms with van der Waals surface area (Å²) in [7, 11) is -2.23. The van der Waals surface area contributed by atoms with Crippen molar-refractivity contribution in [2.45, 2.75) is 11.1 Å². The molecule has 2 N–H and O–H groups in total. The Morgan fingerprint density at radius 1 is 1.03 bits per heavy atom. The van der Waals surface area contributed by atoms with Crippen molar-refractivity contribution >= 4 is 21.6 Å². The number of benzene rings is 2. The van der Waals surface area contributed by atoms with Crippen LogP contribution in [0.1, 0.15) is 5.56 Å². The van der Waals surface area contributed by atoms with Gasteiger partial charge in [-0.2, -0.15) is 13.2 Å². The summed E-state index contributed by atoms with van der Waals surface area (Å²) < 4.78 is 74.0. The lowest BCUT2D eigenvalue weighted by Crippen LogP contribution is -2.27. The third-order valence-corrected chi connectivity index (χ3v) is 5.08. The van der Waals surface area contributed by atoms with Crippen molar-refractivity contribution in [2.75, 3.05) is 32.2 Å². The van der Waals surface area contributed by atoms with Gasteiger partial charge in [0.05, 0.1) is 17.1 Å². The van der Waals surface area contributed by atoms with E-state index in [4.69, 9.17) is 9.47 Å². The summed E-state index contributed by atoms with van der Waals surface area (Å²) >= 11 is 0. The van der Waals surface area contributed by atoms with Crippen molar-refractivity contribution in [3.8, 4) is 5.75 Å². The Hall–Kier alpha value is -2.63. The van der Waals surface area contributed by atoms with Crippen LogP contribution in [0.3, 0.4) is 0 Å². The van der Waals surface area contributed by atoms with Gasteiger partial charge in [-0.05, 0) is 48.5 Å². The van der Waals surface area contributed by atoms with Gasteiger partial charge < -0.3 is 14.8 Å². The first-order valence-corrected chi connectivity index (χ1v) is 9.79.